The van der Waals surface area contributed by atoms with Gasteiger partial charge >= 0.3 is 5.97 Å². The lowest BCUT2D eigenvalue weighted by Gasteiger charge is -2.27. The van der Waals surface area contributed by atoms with E-state index in [9.17, 15) is 39.3 Å². The quantitative estimate of drug-likeness (QED) is 0.0975. The van der Waals surface area contributed by atoms with E-state index in [1.807, 2.05) is 0 Å². The summed E-state index contributed by atoms with van der Waals surface area (Å²) in [7, 11) is 0. The van der Waals surface area contributed by atoms with Crippen molar-refractivity contribution < 1.29 is 39.3 Å². The van der Waals surface area contributed by atoms with Gasteiger partial charge in [0.2, 0.25) is 23.6 Å². The number of carbonyl (C=O) groups is 5. The fourth-order valence-corrected chi connectivity index (χ4v) is 2.76. The lowest BCUT2D eigenvalue weighted by atomic mass is 10.1. The number of primary amides is 1. The summed E-state index contributed by atoms with van der Waals surface area (Å²) in [6.07, 6.45) is -1.92. The van der Waals surface area contributed by atoms with Crippen LogP contribution in [-0.4, -0.2) is 87.8 Å². The van der Waals surface area contributed by atoms with Gasteiger partial charge in [-0.25, -0.2) is 4.79 Å². The number of carboxylic acids is 1. The Morgan fingerprint density at radius 2 is 1.30 bits per heavy atom. The summed E-state index contributed by atoms with van der Waals surface area (Å²) in [5.41, 5.74) is 16.2. The number of nitrogens with two attached hydrogens (primary N) is 3. The standard InChI is InChI=1S/C19H36N6O8/c1-9(26)14(17(30)23-12(19(32)33)6-7-13(22)28)25-18(31)15(10(2)27)24-16(29)11(21)5-3-4-8-20/h9-12,14-15,26-27H,3-8,20-21H2,1-2H3,(H2,22,28)(H,23,30)(H,24,29)(H,25,31)(H,32,33). The Morgan fingerprint density at radius 1 is 0.818 bits per heavy atom. The number of amides is 4. The normalized spacial score (nSPS) is 16.4. The molecule has 0 aliphatic carbocycles. The molecule has 0 bridgehead atoms. The lowest BCUT2D eigenvalue weighted by Crippen LogP contribution is -2.61. The van der Waals surface area contributed by atoms with Crippen LogP contribution in [-0.2, 0) is 24.0 Å². The number of rotatable bonds is 16. The molecule has 14 heteroatoms. The summed E-state index contributed by atoms with van der Waals surface area (Å²) >= 11 is 0. The predicted molar refractivity (Wildman–Crippen MR) is 116 cm³/mol. The zero-order valence-corrected chi connectivity index (χ0v) is 18.8. The number of nitrogens with one attached hydrogen (secondary N) is 3. The van der Waals surface area contributed by atoms with Gasteiger partial charge in [-0.3, -0.25) is 19.2 Å². The minimum Gasteiger partial charge on any atom is -0.480 e. The van der Waals surface area contributed by atoms with E-state index in [4.69, 9.17) is 17.2 Å². The Morgan fingerprint density at radius 3 is 1.73 bits per heavy atom. The molecule has 0 aliphatic rings. The average molecular weight is 477 g/mol. The number of aliphatic carboxylic acids is 1. The SMILES string of the molecule is CC(O)C(NC(=O)C(N)CCCCN)C(=O)NC(C(=O)NC(CCC(N)=O)C(=O)O)C(C)O. The minimum atomic E-state index is -1.62. The van der Waals surface area contributed by atoms with E-state index in [2.05, 4.69) is 16.0 Å². The van der Waals surface area contributed by atoms with Crippen LogP contribution >= 0.6 is 0 Å². The van der Waals surface area contributed by atoms with Crippen molar-refractivity contribution >= 4 is 29.6 Å². The van der Waals surface area contributed by atoms with Crippen molar-refractivity contribution in [2.75, 3.05) is 6.54 Å². The maximum absolute atomic E-state index is 12.6. The van der Waals surface area contributed by atoms with Crippen LogP contribution in [0.15, 0.2) is 0 Å². The second kappa shape index (κ2) is 15.1. The smallest absolute Gasteiger partial charge is 0.326 e. The topological polar surface area (TPSA) is 260 Å². The summed E-state index contributed by atoms with van der Waals surface area (Å²) < 4.78 is 0. The third-order valence-electron chi connectivity index (χ3n) is 4.73. The summed E-state index contributed by atoms with van der Waals surface area (Å²) in [6, 6.07) is -5.58. The number of hydrogen-bond donors (Lipinski definition) is 9. The van der Waals surface area contributed by atoms with Crippen LogP contribution in [0.3, 0.4) is 0 Å². The van der Waals surface area contributed by atoms with Gasteiger partial charge in [0.15, 0.2) is 0 Å². The van der Waals surface area contributed by atoms with Gasteiger partial charge in [-0.1, -0.05) is 6.42 Å². The van der Waals surface area contributed by atoms with Gasteiger partial charge in [0.05, 0.1) is 18.2 Å². The summed E-state index contributed by atoms with van der Waals surface area (Å²) in [5.74, 6) is -4.98. The third kappa shape index (κ3) is 11.6. The lowest BCUT2D eigenvalue weighted by molar-refractivity contribution is -0.143. The summed E-state index contributed by atoms with van der Waals surface area (Å²) in [5, 5.41) is 35.7. The molecular weight excluding hydrogens is 440 g/mol. The van der Waals surface area contributed by atoms with Crippen molar-refractivity contribution in [1.82, 2.24) is 16.0 Å². The van der Waals surface area contributed by atoms with E-state index in [0.29, 0.717) is 25.8 Å². The monoisotopic (exact) mass is 476 g/mol. The van der Waals surface area contributed by atoms with Gasteiger partial charge in [-0.2, -0.15) is 0 Å². The Hall–Kier alpha value is -2.81. The first-order chi connectivity index (χ1) is 15.3. The zero-order chi connectivity index (χ0) is 25.7. The van der Waals surface area contributed by atoms with Crippen LogP contribution in [0.1, 0.15) is 46.0 Å². The Bertz CT molecular complexity index is 687. The van der Waals surface area contributed by atoms with Crippen molar-refractivity contribution in [3.05, 3.63) is 0 Å². The fourth-order valence-electron chi connectivity index (χ4n) is 2.76. The van der Waals surface area contributed by atoms with Crippen LogP contribution in [0.5, 0.6) is 0 Å². The first-order valence-corrected chi connectivity index (χ1v) is 10.6. The molecule has 0 aromatic rings. The van der Waals surface area contributed by atoms with Gasteiger partial charge in [-0.05, 0) is 39.7 Å². The molecule has 12 N–H and O–H groups in total. The van der Waals surface area contributed by atoms with Crippen molar-refractivity contribution in [2.24, 2.45) is 17.2 Å². The molecule has 4 amide bonds. The Kier molecular flexibility index (Phi) is 13.8. The summed E-state index contributed by atoms with van der Waals surface area (Å²) in [6.45, 7) is 2.83. The molecule has 0 saturated carbocycles. The van der Waals surface area contributed by atoms with Gasteiger partial charge in [-0.15, -0.1) is 0 Å². The van der Waals surface area contributed by atoms with Crippen molar-refractivity contribution in [2.45, 2.75) is 82.3 Å². The number of carbonyl (C=O) groups excluding carboxylic acids is 4. The highest BCUT2D eigenvalue weighted by molar-refractivity contribution is 5.94. The molecule has 0 spiro atoms. The molecule has 0 aliphatic heterocycles. The van der Waals surface area contributed by atoms with Crippen molar-refractivity contribution in [3.8, 4) is 0 Å². The van der Waals surface area contributed by atoms with Gasteiger partial charge < -0.3 is 48.5 Å². The van der Waals surface area contributed by atoms with E-state index >= 15 is 0 Å². The summed E-state index contributed by atoms with van der Waals surface area (Å²) in [4.78, 5) is 59.6. The van der Waals surface area contributed by atoms with E-state index in [0.717, 1.165) is 0 Å². The van der Waals surface area contributed by atoms with Crippen LogP contribution in [0, 0.1) is 0 Å². The van der Waals surface area contributed by atoms with Gasteiger partial charge in [0, 0.05) is 6.42 Å². The highest BCUT2D eigenvalue weighted by atomic mass is 16.4. The van der Waals surface area contributed by atoms with Crippen LogP contribution < -0.4 is 33.2 Å². The third-order valence-corrected chi connectivity index (χ3v) is 4.73. The Balaban J connectivity index is 5.26. The highest BCUT2D eigenvalue weighted by Gasteiger charge is 2.34. The van der Waals surface area contributed by atoms with Gasteiger partial charge in [0.1, 0.15) is 18.1 Å². The predicted octanol–water partition coefficient (Wildman–Crippen LogP) is -3.99. The molecule has 6 atom stereocenters. The fraction of sp³-hybridized carbons (Fsp3) is 0.737. The van der Waals surface area contributed by atoms with Gasteiger partial charge in [0.25, 0.3) is 0 Å². The van der Waals surface area contributed by atoms with Crippen molar-refractivity contribution in [1.29, 1.82) is 0 Å². The molecular formula is C19H36N6O8. The first kappa shape index (κ1) is 30.2. The molecule has 6 unspecified atom stereocenters. The highest BCUT2D eigenvalue weighted by Crippen LogP contribution is 2.04. The minimum absolute atomic E-state index is 0.300. The van der Waals surface area contributed by atoms with E-state index < -0.39 is 66.0 Å². The van der Waals surface area contributed by atoms with Crippen LogP contribution in [0.25, 0.3) is 0 Å². The molecule has 0 aromatic heterocycles. The molecule has 0 aromatic carbocycles. The van der Waals surface area contributed by atoms with E-state index in [1.54, 1.807) is 0 Å². The zero-order valence-electron chi connectivity index (χ0n) is 18.8. The van der Waals surface area contributed by atoms with Crippen LogP contribution in [0.4, 0.5) is 0 Å². The van der Waals surface area contributed by atoms with Crippen molar-refractivity contribution in [3.63, 3.8) is 0 Å². The largest absolute Gasteiger partial charge is 0.480 e. The number of aliphatic hydroxyl groups is 2. The van der Waals surface area contributed by atoms with Crippen LogP contribution in [0.2, 0.25) is 0 Å². The number of unbranched alkanes of at least 4 members (excludes halogenated alkanes) is 1. The number of hydrogen-bond acceptors (Lipinski definition) is 9. The molecule has 0 radical (unpaired) electrons. The maximum Gasteiger partial charge on any atom is 0.326 e. The molecule has 190 valence electrons. The second-order valence-electron chi connectivity index (χ2n) is 7.75. The molecule has 0 fully saturated rings. The molecule has 0 rings (SSSR count). The average Bonchev–Trinajstić information content (AvgIpc) is 2.71. The molecule has 0 saturated heterocycles. The number of aliphatic hydroxyl groups excluding tert-OH is 2. The Labute approximate surface area is 191 Å². The molecule has 0 heterocycles. The first-order valence-electron chi connectivity index (χ1n) is 10.6. The maximum atomic E-state index is 12.6. The molecule has 33 heavy (non-hydrogen) atoms. The van der Waals surface area contributed by atoms with E-state index in [-0.39, 0.29) is 12.8 Å². The molecule has 14 nitrogen and oxygen atoms in total. The van der Waals surface area contributed by atoms with E-state index in [1.165, 1.54) is 13.8 Å². The second-order valence-corrected chi connectivity index (χ2v) is 7.75. The number of carboxylic acid groups (broad SMARTS) is 1.